The van der Waals surface area contributed by atoms with E-state index in [4.69, 9.17) is 0 Å². The number of nitrogens with one attached hydrogen (secondary N) is 2. The number of hydrogen-bond acceptors (Lipinski definition) is 4. The molecule has 0 bridgehead atoms. The number of benzene rings is 2. The Bertz CT molecular complexity index is 1060. The predicted octanol–water partition coefficient (Wildman–Crippen LogP) is 4.03. The molecule has 0 aliphatic carbocycles. The van der Waals surface area contributed by atoms with Crippen LogP contribution in [-0.4, -0.2) is 26.8 Å². The predicted molar refractivity (Wildman–Crippen MR) is 99.6 cm³/mol. The zero-order valence-corrected chi connectivity index (χ0v) is 15.5. The maximum Gasteiger partial charge on any atom is 0.435 e. The van der Waals surface area contributed by atoms with Crippen molar-refractivity contribution in [1.29, 1.82) is 0 Å². The Balaban J connectivity index is 1.87. The Morgan fingerprint density at radius 1 is 0.967 bits per heavy atom. The molecule has 0 unspecified atom stereocenters. The second kappa shape index (κ2) is 8.31. The standard InChI is InChI=1S/C19H15F4N5O2/c1-2-15(29)24-12-5-7-13(8-6-12)25-18(30)16-17(19(21,22)23)28(27-26-16)14-9-3-11(20)4-10-14/h3-10H,2H2,1H3,(H,24,29)(H,25,30). The van der Waals surface area contributed by atoms with Crippen molar-refractivity contribution in [3.63, 3.8) is 0 Å². The molecule has 1 aromatic heterocycles. The molecule has 3 rings (SSSR count). The second-order valence-corrected chi connectivity index (χ2v) is 6.11. The van der Waals surface area contributed by atoms with Crippen LogP contribution in [0, 0.1) is 5.82 Å². The highest BCUT2D eigenvalue weighted by Crippen LogP contribution is 2.33. The summed E-state index contributed by atoms with van der Waals surface area (Å²) in [5, 5.41) is 11.7. The van der Waals surface area contributed by atoms with Crippen molar-refractivity contribution in [3.05, 3.63) is 65.7 Å². The molecule has 0 radical (unpaired) electrons. The minimum absolute atomic E-state index is 0.105. The highest BCUT2D eigenvalue weighted by Gasteiger charge is 2.42. The fourth-order valence-corrected chi connectivity index (χ4v) is 2.53. The lowest BCUT2D eigenvalue weighted by atomic mass is 10.2. The highest BCUT2D eigenvalue weighted by molar-refractivity contribution is 6.04. The molecule has 30 heavy (non-hydrogen) atoms. The molecule has 0 aliphatic heterocycles. The monoisotopic (exact) mass is 421 g/mol. The molecule has 156 valence electrons. The lowest BCUT2D eigenvalue weighted by Gasteiger charge is -2.11. The van der Waals surface area contributed by atoms with E-state index in [0.717, 1.165) is 24.3 Å². The van der Waals surface area contributed by atoms with Gasteiger partial charge in [0, 0.05) is 17.8 Å². The number of aromatic nitrogens is 3. The van der Waals surface area contributed by atoms with E-state index in [9.17, 15) is 27.2 Å². The summed E-state index contributed by atoms with van der Waals surface area (Å²) in [5.41, 5.74) is -1.77. The van der Waals surface area contributed by atoms with Crippen molar-refractivity contribution in [3.8, 4) is 5.69 Å². The van der Waals surface area contributed by atoms with Gasteiger partial charge in [0.15, 0.2) is 11.4 Å². The first kappa shape index (κ1) is 21.0. The zero-order chi connectivity index (χ0) is 21.9. The van der Waals surface area contributed by atoms with E-state index in [1.807, 2.05) is 0 Å². The van der Waals surface area contributed by atoms with E-state index in [1.54, 1.807) is 6.92 Å². The van der Waals surface area contributed by atoms with E-state index in [1.165, 1.54) is 24.3 Å². The molecule has 3 aromatic rings. The van der Waals surface area contributed by atoms with Crippen LogP contribution in [0.5, 0.6) is 0 Å². The molecule has 0 atom stereocenters. The number of amides is 2. The van der Waals surface area contributed by atoms with Crippen molar-refractivity contribution in [1.82, 2.24) is 15.0 Å². The van der Waals surface area contributed by atoms with Crippen molar-refractivity contribution in [2.24, 2.45) is 0 Å². The third-order valence-corrected chi connectivity index (χ3v) is 3.97. The van der Waals surface area contributed by atoms with Gasteiger partial charge in [0.1, 0.15) is 5.82 Å². The summed E-state index contributed by atoms with van der Waals surface area (Å²) >= 11 is 0. The zero-order valence-electron chi connectivity index (χ0n) is 15.5. The number of carbonyl (C=O) groups is 2. The second-order valence-electron chi connectivity index (χ2n) is 6.11. The smallest absolute Gasteiger partial charge is 0.326 e. The molecule has 0 spiro atoms. The van der Waals surface area contributed by atoms with E-state index in [0.29, 0.717) is 10.4 Å². The number of carbonyl (C=O) groups excluding carboxylic acids is 2. The molecule has 1 heterocycles. The normalized spacial score (nSPS) is 11.2. The highest BCUT2D eigenvalue weighted by atomic mass is 19.4. The number of rotatable bonds is 5. The molecule has 0 fully saturated rings. The maximum atomic E-state index is 13.6. The van der Waals surface area contributed by atoms with Crippen LogP contribution in [0.4, 0.5) is 28.9 Å². The molecular formula is C19H15F4N5O2. The van der Waals surface area contributed by atoms with Crippen LogP contribution in [0.2, 0.25) is 0 Å². The van der Waals surface area contributed by atoms with Crippen molar-refractivity contribution < 1.29 is 27.2 Å². The number of halogens is 4. The quantitative estimate of drug-likeness (QED) is 0.609. The summed E-state index contributed by atoms with van der Waals surface area (Å²) in [6.07, 6.45) is -4.67. The van der Waals surface area contributed by atoms with Gasteiger partial charge in [0.2, 0.25) is 5.91 Å². The average molecular weight is 421 g/mol. The van der Waals surface area contributed by atoms with Crippen LogP contribution in [-0.2, 0) is 11.0 Å². The summed E-state index contributed by atoms with van der Waals surface area (Å²) < 4.78 is 54.4. The van der Waals surface area contributed by atoms with Gasteiger partial charge in [0.25, 0.3) is 5.91 Å². The molecule has 2 N–H and O–H groups in total. The van der Waals surface area contributed by atoms with Gasteiger partial charge in [-0.2, -0.15) is 13.2 Å². The van der Waals surface area contributed by atoms with Crippen LogP contribution < -0.4 is 10.6 Å². The van der Waals surface area contributed by atoms with Gasteiger partial charge in [0.05, 0.1) is 5.69 Å². The van der Waals surface area contributed by atoms with Crippen LogP contribution in [0.25, 0.3) is 5.69 Å². The summed E-state index contributed by atoms with van der Waals surface area (Å²) in [4.78, 5) is 23.8. The first-order chi connectivity index (χ1) is 14.2. The Labute approximate surface area is 167 Å². The number of hydrogen-bond donors (Lipinski definition) is 2. The van der Waals surface area contributed by atoms with Gasteiger partial charge in [-0.25, -0.2) is 9.07 Å². The Morgan fingerprint density at radius 3 is 2.07 bits per heavy atom. The Kier molecular flexibility index (Phi) is 5.81. The van der Waals surface area contributed by atoms with Gasteiger partial charge in [-0.1, -0.05) is 12.1 Å². The summed E-state index contributed by atoms with van der Waals surface area (Å²) in [6, 6.07) is 9.92. The van der Waals surface area contributed by atoms with E-state index >= 15 is 0 Å². The third-order valence-electron chi connectivity index (χ3n) is 3.97. The third kappa shape index (κ3) is 4.62. The molecular weight excluding hydrogens is 406 g/mol. The van der Waals surface area contributed by atoms with E-state index in [2.05, 4.69) is 20.9 Å². The van der Waals surface area contributed by atoms with Crippen LogP contribution >= 0.6 is 0 Å². The lowest BCUT2D eigenvalue weighted by molar-refractivity contribution is -0.143. The first-order valence-corrected chi connectivity index (χ1v) is 8.69. The van der Waals surface area contributed by atoms with Gasteiger partial charge >= 0.3 is 6.18 Å². The minimum atomic E-state index is -4.95. The first-order valence-electron chi connectivity index (χ1n) is 8.69. The largest absolute Gasteiger partial charge is 0.435 e. The Hall–Kier alpha value is -3.76. The number of anilines is 2. The van der Waals surface area contributed by atoms with E-state index in [-0.39, 0.29) is 23.7 Å². The lowest BCUT2D eigenvalue weighted by Crippen LogP contribution is -2.21. The Morgan fingerprint density at radius 2 is 1.53 bits per heavy atom. The number of nitrogens with zero attached hydrogens (tertiary/aromatic N) is 3. The van der Waals surface area contributed by atoms with Crippen molar-refractivity contribution in [2.45, 2.75) is 19.5 Å². The van der Waals surface area contributed by atoms with Gasteiger partial charge in [-0.05, 0) is 48.5 Å². The van der Waals surface area contributed by atoms with Gasteiger partial charge in [-0.15, -0.1) is 5.10 Å². The van der Waals surface area contributed by atoms with Crippen molar-refractivity contribution >= 4 is 23.2 Å². The van der Waals surface area contributed by atoms with Gasteiger partial charge < -0.3 is 10.6 Å². The molecule has 0 aliphatic rings. The minimum Gasteiger partial charge on any atom is -0.326 e. The molecule has 7 nitrogen and oxygen atoms in total. The summed E-state index contributed by atoms with van der Waals surface area (Å²) in [5.74, 6) is -1.97. The average Bonchev–Trinajstić information content (AvgIpc) is 3.16. The topological polar surface area (TPSA) is 88.9 Å². The SMILES string of the molecule is CCC(=O)Nc1ccc(NC(=O)c2nnn(-c3ccc(F)cc3)c2C(F)(F)F)cc1. The molecule has 2 amide bonds. The molecule has 0 saturated carbocycles. The van der Waals surface area contributed by atoms with Crippen LogP contribution in [0.15, 0.2) is 48.5 Å². The molecule has 0 saturated heterocycles. The maximum absolute atomic E-state index is 13.6. The number of alkyl halides is 3. The van der Waals surface area contributed by atoms with Crippen molar-refractivity contribution in [2.75, 3.05) is 10.6 Å². The van der Waals surface area contributed by atoms with Crippen LogP contribution in [0.3, 0.4) is 0 Å². The van der Waals surface area contributed by atoms with E-state index < -0.39 is 29.3 Å². The molecule has 11 heteroatoms. The molecule has 2 aromatic carbocycles. The fraction of sp³-hybridized carbons (Fsp3) is 0.158. The van der Waals surface area contributed by atoms with Gasteiger partial charge in [-0.3, -0.25) is 9.59 Å². The summed E-state index contributed by atoms with van der Waals surface area (Å²) in [7, 11) is 0. The fourth-order valence-electron chi connectivity index (χ4n) is 2.53. The summed E-state index contributed by atoms with van der Waals surface area (Å²) in [6.45, 7) is 1.68. The van der Waals surface area contributed by atoms with Crippen LogP contribution in [0.1, 0.15) is 29.5 Å².